The minimum Gasteiger partial charge on any atom is -0.484 e. The predicted molar refractivity (Wildman–Crippen MR) is 103 cm³/mol. The Bertz CT molecular complexity index is 947. The first-order valence-corrected chi connectivity index (χ1v) is 10.3. The molecule has 2 aromatic rings. The van der Waals surface area contributed by atoms with Crippen molar-refractivity contribution in [1.82, 2.24) is 14.1 Å². The lowest BCUT2D eigenvalue weighted by Gasteiger charge is -2.26. The van der Waals surface area contributed by atoms with Crippen LogP contribution in [0.1, 0.15) is 11.4 Å². The molecule has 3 rings (SSSR count). The zero-order chi connectivity index (χ0) is 20.3. The number of aromatic nitrogens is 2. The standard InChI is InChI=1S/C18H24N4O5S/c1-13-18(14(2)21(3)20-13)19-17(23)12-27-15-4-6-16(7-5-15)28(24,25)22-8-10-26-11-9-22/h4-7H,8-12H2,1-3H3,(H,19,23). The minimum atomic E-state index is -3.55. The molecule has 0 radical (unpaired) electrons. The number of carbonyl (C=O) groups is 1. The average Bonchev–Trinajstić information content (AvgIpc) is 2.93. The summed E-state index contributed by atoms with van der Waals surface area (Å²) in [6, 6.07) is 6.04. The molecule has 9 nitrogen and oxygen atoms in total. The Morgan fingerprint density at radius 3 is 2.43 bits per heavy atom. The zero-order valence-electron chi connectivity index (χ0n) is 16.1. The number of rotatable bonds is 6. The number of ether oxygens (including phenoxy) is 2. The highest BCUT2D eigenvalue weighted by Gasteiger charge is 2.26. The molecule has 1 aliphatic heterocycles. The van der Waals surface area contributed by atoms with Crippen LogP contribution in [0.4, 0.5) is 5.69 Å². The van der Waals surface area contributed by atoms with Crippen LogP contribution in [0.5, 0.6) is 5.75 Å². The molecule has 0 atom stereocenters. The molecule has 152 valence electrons. The van der Waals surface area contributed by atoms with Gasteiger partial charge in [0.2, 0.25) is 10.0 Å². The van der Waals surface area contributed by atoms with Gasteiger partial charge in [0.05, 0.1) is 35.2 Å². The van der Waals surface area contributed by atoms with E-state index in [1.165, 1.54) is 16.4 Å². The summed E-state index contributed by atoms with van der Waals surface area (Å²) in [5.74, 6) is 0.0972. The Morgan fingerprint density at radius 2 is 1.86 bits per heavy atom. The van der Waals surface area contributed by atoms with Crippen LogP contribution >= 0.6 is 0 Å². The number of nitrogens with one attached hydrogen (secondary N) is 1. The molecule has 0 unspecified atom stereocenters. The third-order valence-electron chi connectivity index (χ3n) is 4.57. The summed E-state index contributed by atoms with van der Waals surface area (Å²) in [5, 5.41) is 7.03. The number of benzene rings is 1. The van der Waals surface area contributed by atoms with E-state index in [4.69, 9.17) is 9.47 Å². The van der Waals surface area contributed by atoms with Crippen LogP contribution in [0.2, 0.25) is 0 Å². The maximum atomic E-state index is 12.6. The van der Waals surface area contributed by atoms with Gasteiger partial charge in [-0.15, -0.1) is 0 Å². The molecule has 10 heteroatoms. The number of sulfonamides is 1. The molecule has 1 amide bonds. The normalized spacial score (nSPS) is 15.4. The van der Waals surface area contributed by atoms with E-state index in [-0.39, 0.29) is 17.4 Å². The molecular weight excluding hydrogens is 384 g/mol. The highest BCUT2D eigenvalue weighted by atomic mass is 32.2. The number of nitrogens with zero attached hydrogens (tertiary/aromatic N) is 3. The Labute approximate surface area is 164 Å². The third kappa shape index (κ3) is 4.34. The second kappa shape index (κ2) is 8.29. The maximum absolute atomic E-state index is 12.6. The van der Waals surface area contributed by atoms with Crippen LogP contribution in [0, 0.1) is 13.8 Å². The van der Waals surface area contributed by atoms with Crippen molar-refractivity contribution in [2.24, 2.45) is 7.05 Å². The van der Waals surface area contributed by atoms with E-state index < -0.39 is 10.0 Å². The van der Waals surface area contributed by atoms with Crippen LogP contribution < -0.4 is 10.1 Å². The first-order chi connectivity index (χ1) is 13.3. The molecule has 1 saturated heterocycles. The fourth-order valence-electron chi connectivity index (χ4n) is 2.92. The largest absolute Gasteiger partial charge is 0.484 e. The lowest BCUT2D eigenvalue weighted by molar-refractivity contribution is -0.118. The van der Waals surface area contributed by atoms with Crippen molar-refractivity contribution < 1.29 is 22.7 Å². The summed E-state index contributed by atoms with van der Waals surface area (Å²) < 4.78 is 38.9. The molecule has 1 N–H and O–H groups in total. The van der Waals surface area contributed by atoms with Crippen LogP contribution in [-0.2, 0) is 26.6 Å². The molecule has 0 bridgehead atoms. The van der Waals surface area contributed by atoms with Gasteiger partial charge in [-0.2, -0.15) is 9.40 Å². The molecular formula is C18H24N4O5S. The van der Waals surface area contributed by atoms with Crippen molar-refractivity contribution in [3.63, 3.8) is 0 Å². The second-order valence-corrected chi connectivity index (χ2v) is 8.43. The van der Waals surface area contributed by atoms with E-state index in [1.54, 1.807) is 23.9 Å². The van der Waals surface area contributed by atoms with Gasteiger partial charge in [0.1, 0.15) is 5.75 Å². The Morgan fingerprint density at radius 1 is 1.21 bits per heavy atom. The van der Waals surface area contributed by atoms with Gasteiger partial charge >= 0.3 is 0 Å². The van der Waals surface area contributed by atoms with Gasteiger partial charge in [0, 0.05) is 20.1 Å². The summed E-state index contributed by atoms with van der Waals surface area (Å²) in [4.78, 5) is 12.3. The SMILES string of the molecule is Cc1nn(C)c(C)c1NC(=O)COc1ccc(S(=O)(=O)N2CCOCC2)cc1. The summed E-state index contributed by atoms with van der Waals surface area (Å²) in [6.45, 7) is 4.96. The van der Waals surface area contributed by atoms with Crippen molar-refractivity contribution in [1.29, 1.82) is 0 Å². The van der Waals surface area contributed by atoms with Crippen LogP contribution in [0.25, 0.3) is 0 Å². The van der Waals surface area contributed by atoms with Gasteiger partial charge in [0.25, 0.3) is 5.91 Å². The van der Waals surface area contributed by atoms with Crippen LogP contribution in [0.3, 0.4) is 0 Å². The average molecular weight is 408 g/mol. The van der Waals surface area contributed by atoms with Gasteiger partial charge < -0.3 is 14.8 Å². The Hall–Kier alpha value is -2.43. The first kappa shape index (κ1) is 20.3. The van der Waals surface area contributed by atoms with Crippen molar-refractivity contribution in [3.05, 3.63) is 35.7 Å². The van der Waals surface area contributed by atoms with E-state index in [9.17, 15) is 13.2 Å². The summed E-state index contributed by atoms with van der Waals surface area (Å²) in [7, 11) is -1.74. The Kier molecular flexibility index (Phi) is 6.01. The summed E-state index contributed by atoms with van der Waals surface area (Å²) in [5.41, 5.74) is 2.25. The van der Waals surface area contributed by atoms with Gasteiger partial charge in [-0.3, -0.25) is 9.48 Å². The lowest BCUT2D eigenvalue weighted by atomic mass is 10.3. The fourth-order valence-corrected chi connectivity index (χ4v) is 4.33. The molecule has 0 aliphatic carbocycles. The molecule has 1 aromatic heterocycles. The van der Waals surface area contributed by atoms with Crippen molar-refractivity contribution in [2.75, 3.05) is 38.2 Å². The van der Waals surface area contributed by atoms with Crippen molar-refractivity contribution >= 4 is 21.6 Å². The predicted octanol–water partition coefficient (Wildman–Crippen LogP) is 1.08. The van der Waals surface area contributed by atoms with Gasteiger partial charge in [0.15, 0.2) is 6.61 Å². The second-order valence-electron chi connectivity index (χ2n) is 6.49. The molecule has 0 saturated carbocycles. The van der Waals surface area contributed by atoms with Gasteiger partial charge in [-0.25, -0.2) is 8.42 Å². The van der Waals surface area contributed by atoms with Crippen molar-refractivity contribution in [2.45, 2.75) is 18.7 Å². The highest BCUT2D eigenvalue weighted by Crippen LogP contribution is 2.21. The molecule has 1 aromatic carbocycles. The van der Waals surface area contributed by atoms with E-state index >= 15 is 0 Å². The third-order valence-corrected chi connectivity index (χ3v) is 6.49. The molecule has 1 aliphatic rings. The monoisotopic (exact) mass is 408 g/mol. The summed E-state index contributed by atoms with van der Waals surface area (Å²) in [6.07, 6.45) is 0. The van der Waals surface area contributed by atoms with E-state index in [1.807, 2.05) is 13.8 Å². The topological polar surface area (TPSA) is 103 Å². The number of anilines is 1. The number of morpholine rings is 1. The number of amides is 1. The number of hydrogen-bond acceptors (Lipinski definition) is 6. The van der Waals surface area contributed by atoms with E-state index in [0.717, 1.165) is 11.4 Å². The molecule has 28 heavy (non-hydrogen) atoms. The van der Waals surface area contributed by atoms with Gasteiger partial charge in [-0.1, -0.05) is 0 Å². The van der Waals surface area contributed by atoms with E-state index in [0.29, 0.717) is 37.7 Å². The number of hydrogen-bond donors (Lipinski definition) is 1. The first-order valence-electron chi connectivity index (χ1n) is 8.90. The van der Waals surface area contributed by atoms with E-state index in [2.05, 4.69) is 10.4 Å². The molecule has 2 heterocycles. The fraction of sp³-hybridized carbons (Fsp3) is 0.444. The van der Waals surface area contributed by atoms with Crippen LogP contribution in [-0.4, -0.2) is 61.3 Å². The highest BCUT2D eigenvalue weighted by molar-refractivity contribution is 7.89. The summed E-state index contributed by atoms with van der Waals surface area (Å²) >= 11 is 0. The quantitative estimate of drug-likeness (QED) is 0.767. The molecule has 0 spiro atoms. The van der Waals surface area contributed by atoms with Crippen molar-refractivity contribution in [3.8, 4) is 5.75 Å². The number of carbonyl (C=O) groups excluding carboxylic acids is 1. The minimum absolute atomic E-state index is 0.188. The maximum Gasteiger partial charge on any atom is 0.262 e. The lowest BCUT2D eigenvalue weighted by Crippen LogP contribution is -2.40. The molecule has 1 fully saturated rings. The Balaban J connectivity index is 1.59. The zero-order valence-corrected chi connectivity index (χ0v) is 17.0. The van der Waals surface area contributed by atoms with Gasteiger partial charge in [-0.05, 0) is 38.1 Å². The smallest absolute Gasteiger partial charge is 0.262 e. The van der Waals surface area contributed by atoms with Crippen LogP contribution in [0.15, 0.2) is 29.2 Å². The number of aryl methyl sites for hydroxylation is 2.